The maximum Gasteiger partial charge on any atom is 0.397 e. The van der Waals surface area contributed by atoms with Crippen molar-refractivity contribution in [3.63, 3.8) is 0 Å². The molecule has 0 aliphatic carbocycles. The molecule has 4 N–H and O–H groups in total. The van der Waals surface area contributed by atoms with E-state index in [1.807, 2.05) is 0 Å². The summed E-state index contributed by atoms with van der Waals surface area (Å²) in [6.07, 6.45) is -15.8. The van der Waals surface area contributed by atoms with Gasteiger partial charge in [-0.3, -0.25) is 13.9 Å². The van der Waals surface area contributed by atoms with Crippen molar-refractivity contribution in [3.8, 4) is 0 Å². The van der Waals surface area contributed by atoms with Gasteiger partial charge in [0.2, 0.25) is 5.91 Å². The molecule has 57 heavy (non-hydrogen) atoms. The number of ether oxygens (including phenoxy) is 7. The summed E-state index contributed by atoms with van der Waals surface area (Å²) in [7, 11) is -9.55. The zero-order valence-corrected chi connectivity index (χ0v) is 32.2. The molecule has 0 unspecified atom stereocenters. The van der Waals surface area contributed by atoms with E-state index in [0.29, 0.717) is 16.7 Å². The van der Waals surface area contributed by atoms with Gasteiger partial charge in [0.1, 0.15) is 42.7 Å². The van der Waals surface area contributed by atoms with Crippen LogP contribution in [0.2, 0.25) is 0 Å². The summed E-state index contributed by atoms with van der Waals surface area (Å²) >= 11 is 0. The number of nitrogens with one attached hydrogen (secondary N) is 1. The van der Waals surface area contributed by atoms with Crippen molar-refractivity contribution >= 4 is 32.7 Å². The molecule has 3 aromatic rings. The second kappa shape index (κ2) is 20.2. The topological polar surface area (TPSA) is 258 Å². The van der Waals surface area contributed by atoms with Crippen molar-refractivity contribution < 1.29 is 82.2 Å². The predicted molar refractivity (Wildman–Crippen MR) is 193 cm³/mol. The number of amides is 1. The van der Waals surface area contributed by atoms with Gasteiger partial charge in [-0.2, -0.15) is 16.8 Å². The van der Waals surface area contributed by atoms with Gasteiger partial charge in [0.25, 0.3) is 0 Å². The van der Waals surface area contributed by atoms with Gasteiger partial charge in [-0.05, 0) is 16.7 Å². The Morgan fingerprint density at radius 3 is 1.67 bits per heavy atom. The van der Waals surface area contributed by atoms with Gasteiger partial charge in [0.15, 0.2) is 18.7 Å². The van der Waals surface area contributed by atoms with Crippen molar-refractivity contribution in [1.82, 2.24) is 5.32 Å². The van der Waals surface area contributed by atoms with E-state index in [-0.39, 0.29) is 19.8 Å². The van der Waals surface area contributed by atoms with E-state index in [0.717, 1.165) is 14.0 Å². The third-order valence-corrected chi connectivity index (χ3v) is 9.60. The summed E-state index contributed by atoms with van der Waals surface area (Å²) in [5.74, 6) is -1.72. The third kappa shape index (κ3) is 13.0. The highest BCUT2D eigenvalue weighted by Gasteiger charge is 2.56. The van der Waals surface area contributed by atoms with Crippen LogP contribution in [-0.4, -0.2) is 118 Å². The van der Waals surface area contributed by atoms with Crippen LogP contribution in [0, 0.1) is 0 Å². The summed E-state index contributed by atoms with van der Waals surface area (Å²) in [5.41, 5.74) is 1.97. The quantitative estimate of drug-likeness (QED) is 0.104. The molecule has 0 bridgehead atoms. The summed E-state index contributed by atoms with van der Waals surface area (Å²) in [6, 6.07) is 24.6. The number of aliphatic hydroxyl groups excluding tert-OH is 1. The minimum absolute atomic E-state index is 0.0729. The SMILES string of the molecule is COC(=O)[C@H]1O[C@@H](O[C@@H]2[C@@H](NC(C)=O)[C@H](OCc3ccccc3)O[C@H](COS(=O)(=O)O)[C@@H]2OS(=O)(=O)O)[C@H](O)[C@@H](OCc2ccccc2)[C@@H]1OCc1ccccc1. The Balaban J connectivity index is 1.55. The van der Waals surface area contributed by atoms with E-state index < -0.39 is 101 Å². The second-order valence-electron chi connectivity index (χ2n) is 12.8. The van der Waals surface area contributed by atoms with Crippen LogP contribution in [0.15, 0.2) is 91.0 Å². The Labute approximate surface area is 328 Å². The fraction of sp³-hybridized carbons (Fsp3) is 0.444. The number of carbonyl (C=O) groups is 2. The minimum Gasteiger partial charge on any atom is -0.467 e. The number of benzene rings is 3. The van der Waals surface area contributed by atoms with Crippen molar-refractivity contribution in [1.29, 1.82) is 0 Å². The lowest BCUT2D eigenvalue weighted by Crippen LogP contribution is -2.69. The van der Waals surface area contributed by atoms with Crippen LogP contribution < -0.4 is 5.32 Å². The molecular formula is C36H43NO18S2. The first-order valence-corrected chi connectivity index (χ1v) is 20.1. The second-order valence-corrected chi connectivity index (χ2v) is 15.0. The number of carbonyl (C=O) groups excluding carboxylic acids is 2. The Bertz CT molecular complexity index is 1960. The number of hydrogen-bond acceptors (Lipinski definition) is 16. The molecule has 2 aliphatic heterocycles. The van der Waals surface area contributed by atoms with Crippen LogP contribution in [0.3, 0.4) is 0 Å². The maximum absolute atomic E-state index is 13.4. The van der Waals surface area contributed by atoms with Gasteiger partial charge in [-0.15, -0.1) is 0 Å². The van der Waals surface area contributed by atoms with Gasteiger partial charge < -0.3 is 43.6 Å². The largest absolute Gasteiger partial charge is 0.467 e. The molecule has 19 nitrogen and oxygen atoms in total. The molecule has 2 aliphatic rings. The monoisotopic (exact) mass is 841 g/mol. The van der Waals surface area contributed by atoms with Crippen LogP contribution in [0.4, 0.5) is 0 Å². The first-order chi connectivity index (χ1) is 27.1. The van der Waals surface area contributed by atoms with Gasteiger partial charge in [-0.25, -0.2) is 13.2 Å². The highest BCUT2D eigenvalue weighted by Crippen LogP contribution is 2.35. The molecule has 2 saturated heterocycles. The van der Waals surface area contributed by atoms with Crippen LogP contribution in [0.5, 0.6) is 0 Å². The van der Waals surface area contributed by atoms with Crippen LogP contribution >= 0.6 is 0 Å². The summed E-state index contributed by atoms with van der Waals surface area (Å²) < 4.78 is 118. The summed E-state index contributed by atoms with van der Waals surface area (Å²) in [4.78, 5) is 26.0. The van der Waals surface area contributed by atoms with Crippen LogP contribution in [-0.2, 0) is 91.7 Å². The van der Waals surface area contributed by atoms with Crippen LogP contribution in [0.1, 0.15) is 23.6 Å². The van der Waals surface area contributed by atoms with E-state index in [4.69, 9.17) is 37.3 Å². The van der Waals surface area contributed by atoms with Crippen molar-refractivity contribution in [2.45, 2.75) is 88.1 Å². The van der Waals surface area contributed by atoms with E-state index in [1.165, 1.54) is 0 Å². The molecular weight excluding hydrogens is 799 g/mol. The maximum atomic E-state index is 13.4. The van der Waals surface area contributed by atoms with E-state index in [9.17, 15) is 40.6 Å². The Morgan fingerprint density at radius 2 is 1.19 bits per heavy atom. The molecule has 2 heterocycles. The van der Waals surface area contributed by atoms with Gasteiger partial charge >= 0.3 is 26.8 Å². The number of esters is 1. The Morgan fingerprint density at radius 1 is 0.684 bits per heavy atom. The molecule has 21 heteroatoms. The molecule has 312 valence electrons. The zero-order valence-electron chi connectivity index (χ0n) is 30.5. The summed E-state index contributed by atoms with van der Waals surface area (Å²) in [5, 5.41) is 14.5. The minimum atomic E-state index is -5.45. The fourth-order valence-electron chi connectivity index (χ4n) is 6.20. The fourth-order valence-corrected chi connectivity index (χ4v) is 7.02. The lowest BCUT2D eigenvalue weighted by Gasteiger charge is -2.48. The molecule has 3 aromatic carbocycles. The number of rotatable bonds is 18. The highest BCUT2D eigenvalue weighted by atomic mass is 32.3. The number of methoxy groups -OCH3 is 1. The lowest BCUT2D eigenvalue weighted by molar-refractivity contribution is -0.346. The zero-order chi connectivity index (χ0) is 41.2. The molecule has 2 fully saturated rings. The summed E-state index contributed by atoms with van der Waals surface area (Å²) in [6.45, 7) is -0.421. The number of hydrogen-bond donors (Lipinski definition) is 4. The lowest BCUT2D eigenvalue weighted by atomic mass is 9.95. The average Bonchev–Trinajstić information content (AvgIpc) is 3.17. The molecule has 0 saturated carbocycles. The van der Waals surface area contributed by atoms with Crippen molar-refractivity contribution in [2.24, 2.45) is 0 Å². The molecule has 0 radical (unpaired) electrons. The first kappa shape index (κ1) is 44.2. The molecule has 1 amide bonds. The van der Waals surface area contributed by atoms with E-state index in [2.05, 4.69) is 9.50 Å². The van der Waals surface area contributed by atoms with E-state index >= 15 is 0 Å². The van der Waals surface area contributed by atoms with Crippen LogP contribution in [0.25, 0.3) is 0 Å². The Hall–Kier alpha value is -3.94. The molecule has 10 atom stereocenters. The Kier molecular flexibility index (Phi) is 15.6. The highest BCUT2D eigenvalue weighted by molar-refractivity contribution is 7.81. The number of aliphatic hydroxyl groups is 1. The van der Waals surface area contributed by atoms with Gasteiger partial charge in [-0.1, -0.05) is 91.0 Å². The molecule has 0 aromatic heterocycles. The first-order valence-electron chi connectivity index (χ1n) is 17.4. The smallest absolute Gasteiger partial charge is 0.397 e. The standard InChI is InChI=1S/C36H43NO18S2/c1-22(38)37-27-30(29(55-57(44,45)46)26(21-51-56(41,42)43)52-35(27)50-20-25-16-10-5-11-17-25)53-36-28(39)31(48-18-23-12-6-3-7-13-23)32(33(54-36)34(40)47-2)49-19-24-14-8-4-9-15-24/h3-17,26-33,35-36,39H,18-21H2,1-2H3,(H,37,38)(H,41,42,43)(H,44,45,46)/t26-,27-,28-,29+,30-,31-,32+,33+,35-,36-/m1/s1. The van der Waals surface area contributed by atoms with Crippen molar-refractivity contribution in [3.05, 3.63) is 108 Å². The van der Waals surface area contributed by atoms with E-state index in [1.54, 1.807) is 91.0 Å². The third-order valence-electron chi connectivity index (χ3n) is 8.70. The van der Waals surface area contributed by atoms with Gasteiger partial charge in [0, 0.05) is 6.92 Å². The molecule has 5 rings (SSSR count). The average molecular weight is 842 g/mol. The predicted octanol–water partition coefficient (Wildman–Crippen LogP) is 1.26. The molecule has 0 spiro atoms. The normalized spacial score (nSPS) is 28.0. The van der Waals surface area contributed by atoms with Crippen molar-refractivity contribution in [2.75, 3.05) is 13.7 Å². The van der Waals surface area contributed by atoms with Gasteiger partial charge in [0.05, 0.1) is 33.5 Å².